The number of piperidine rings is 1. The third-order valence-corrected chi connectivity index (χ3v) is 2.47. The summed E-state index contributed by atoms with van der Waals surface area (Å²) in [5.41, 5.74) is -0.677. The number of aliphatic hydroxyl groups is 1. The number of aliphatic hydroxyl groups excluding tert-OH is 1. The van der Waals surface area contributed by atoms with Crippen molar-refractivity contribution in [3.63, 3.8) is 0 Å². The van der Waals surface area contributed by atoms with Crippen molar-refractivity contribution in [2.75, 3.05) is 6.54 Å². The summed E-state index contributed by atoms with van der Waals surface area (Å²) in [5, 5.41) is 20.3. The molecular weight excluding hydrogens is 226 g/mol. The van der Waals surface area contributed by atoms with Crippen molar-refractivity contribution >= 4 is 12.1 Å². The van der Waals surface area contributed by atoms with Crippen LogP contribution in [0.5, 0.6) is 0 Å². The summed E-state index contributed by atoms with van der Waals surface area (Å²) in [5.74, 6) is -1.37. The maximum Gasteiger partial charge on any atom is 0.410 e. The largest absolute Gasteiger partial charge is 0.548 e. The van der Waals surface area contributed by atoms with Gasteiger partial charge in [0.1, 0.15) is 5.60 Å². The van der Waals surface area contributed by atoms with Crippen LogP contribution in [0.1, 0.15) is 33.6 Å². The molecule has 2 unspecified atom stereocenters. The molecule has 2 atom stereocenters. The Morgan fingerprint density at radius 1 is 1.41 bits per heavy atom. The van der Waals surface area contributed by atoms with Crippen LogP contribution in [0, 0.1) is 0 Å². The van der Waals surface area contributed by atoms with Gasteiger partial charge in [0.2, 0.25) is 0 Å². The zero-order valence-corrected chi connectivity index (χ0v) is 10.3. The van der Waals surface area contributed by atoms with Gasteiger partial charge in [-0.15, -0.1) is 0 Å². The fraction of sp³-hybridized carbons (Fsp3) is 0.818. The zero-order chi connectivity index (χ0) is 13.2. The molecule has 17 heavy (non-hydrogen) atoms. The Kier molecular flexibility index (Phi) is 3.98. The first kappa shape index (κ1) is 13.8. The second-order valence-corrected chi connectivity index (χ2v) is 5.19. The van der Waals surface area contributed by atoms with Crippen LogP contribution >= 0.6 is 0 Å². The normalized spacial score (nSPS) is 25.5. The Hall–Kier alpha value is -1.30. The van der Waals surface area contributed by atoms with E-state index in [1.807, 2.05) is 0 Å². The minimum atomic E-state index is -1.37. The van der Waals surface area contributed by atoms with E-state index in [1.165, 1.54) is 0 Å². The number of carboxylic acids is 1. The molecule has 1 N–H and O–H groups in total. The zero-order valence-electron chi connectivity index (χ0n) is 10.3. The van der Waals surface area contributed by atoms with Crippen molar-refractivity contribution in [2.24, 2.45) is 0 Å². The molecule has 1 fully saturated rings. The molecule has 1 heterocycles. The average molecular weight is 244 g/mol. The molecule has 6 nitrogen and oxygen atoms in total. The quantitative estimate of drug-likeness (QED) is 0.671. The first-order valence-corrected chi connectivity index (χ1v) is 5.59. The van der Waals surface area contributed by atoms with Crippen molar-refractivity contribution in [1.29, 1.82) is 0 Å². The molecule has 1 aliphatic heterocycles. The van der Waals surface area contributed by atoms with E-state index in [0.717, 1.165) is 4.90 Å². The van der Waals surface area contributed by atoms with Gasteiger partial charge in [0.05, 0.1) is 18.1 Å². The summed E-state index contributed by atoms with van der Waals surface area (Å²) in [6.07, 6.45) is -1.06. The van der Waals surface area contributed by atoms with Crippen LogP contribution in [0.25, 0.3) is 0 Å². The van der Waals surface area contributed by atoms with E-state index >= 15 is 0 Å². The molecule has 98 valence electrons. The Labute approximate surface area is 100 Å². The van der Waals surface area contributed by atoms with Gasteiger partial charge in [-0.3, -0.25) is 4.90 Å². The summed E-state index contributed by atoms with van der Waals surface area (Å²) < 4.78 is 5.11. The van der Waals surface area contributed by atoms with Crippen LogP contribution in [0.4, 0.5) is 4.79 Å². The highest BCUT2D eigenvalue weighted by Gasteiger charge is 2.34. The molecule has 0 aromatic heterocycles. The van der Waals surface area contributed by atoms with E-state index in [2.05, 4.69) is 0 Å². The van der Waals surface area contributed by atoms with Gasteiger partial charge in [-0.2, -0.15) is 0 Å². The predicted octanol–water partition coefficient (Wildman–Crippen LogP) is -0.503. The van der Waals surface area contributed by atoms with Crippen LogP contribution in [0.2, 0.25) is 0 Å². The lowest BCUT2D eigenvalue weighted by Gasteiger charge is -2.38. The maximum absolute atomic E-state index is 11.8. The van der Waals surface area contributed by atoms with Crippen molar-refractivity contribution < 1.29 is 24.5 Å². The molecule has 0 aliphatic carbocycles. The lowest BCUT2D eigenvalue weighted by atomic mass is 10.0. The Bertz CT molecular complexity index is 309. The van der Waals surface area contributed by atoms with Gasteiger partial charge in [0.15, 0.2) is 0 Å². The first-order chi connectivity index (χ1) is 7.70. The van der Waals surface area contributed by atoms with Gasteiger partial charge in [-0.25, -0.2) is 4.79 Å². The number of amides is 1. The molecule has 1 aliphatic rings. The lowest BCUT2D eigenvalue weighted by molar-refractivity contribution is -0.312. The van der Waals surface area contributed by atoms with Crippen LogP contribution in [0.3, 0.4) is 0 Å². The van der Waals surface area contributed by atoms with Crippen molar-refractivity contribution in [1.82, 2.24) is 4.90 Å². The maximum atomic E-state index is 11.8. The molecular formula is C11H18NO5-. The highest BCUT2D eigenvalue weighted by molar-refractivity contribution is 5.79. The van der Waals surface area contributed by atoms with E-state index < -0.39 is 29.8 Å². The van der Waals surface area contributed by atoms with Gasteiger partial charge in [0, 0.05) is 6.54 Å². The third kappa shape index (κ3) is 3.89. The molecule has 0 aromatic rings. The third-order valence-electron chi connectivity index (χ3n) is 2.47. The second-order valence-electron chi connectivity index (χ2n) is 5.19. The van der Waals surface area contributed by atoms with Crippen LogP contribution < -0.4 is 5.11 Å². The molecule has 0 spiro atoms. The second kappa shape index (κ2) is 4.91. The number of hydrogen-bond donors (Lipinski definition) is 1. The number of carbonyl (C=O) groups is 2. The monoisotopic (exact) mass is 244 g/mol. The lowest BCUT2D eigenvalue weighted by Crippen LogP contribution is -2.56. The summed E-state index contributed by atoms with van der Waals surface area (Å²) in [7, 11) is 0. The van der Waals surface area contributed by atoms with Gasteiger partial charge in [-0.05, 0) is 33.6 Å². The summed E-state index contributed by atoms with van der Waals surface area (Å²) >= 11 is 0. The number of likely N-dealkylation sites (tertiary alicyclic amines) is 1. The van der Waals surface area contributed by atoms with Crippen molar-refractivity contribution in [3.8, 4) is 0 Å². The minimum absolute atomic E-state index is 0.0123. The smallest absolute Gasteiger partial charge is 0.410 e. The number of ether oxygens (including phenoxy) is 1. The Morgan fingerprint density at radius 3 is 2.47 bits per heavy atom. The van der Waals surface area contributed by atoms with E-state index in [9.17, 15) is 19.8 Å². The van der Waals surface area contributed by atoms with E-state index in [-0.39, 0.29) is 13.0 Å². The molecule has 1 amide bonds. The fourth-order valence-corrected chi connectivity index (χ4v) is 1.71. The van der Waals surface area contributed by atoms with Crippen molar-refractivity contribution in [3.05, 3.63) is 0 Å². The molecule has 6 heteroatoms. The van der Waals surface area contributed by atoms with Crippen LogP contribution in [-0.2, 0) is 9.53 Å². The van der Waals surface area contributed by atoms with E-state index in [1.54, 1.807) is 20.8 Å². The SMILES string of the molecule is CC(C)(C)OC(=O)N1CCC(O)CC1C(=O)[O-]. The van der Waals surface area contributed by atoms with Crippen LogP contribution in [0.15, 0.2) is 0 Å². The number of hydrogen-bond acceptors (Lipinski definition) is 5. The van der Waals surface area contributed by atoms with Gasteiger partial charge in [0.25, 0.3) is 0 Å². The topological polar surface area (TPSA) is 89.9 Å². The molecule has 0 aromatic carbocycles. The molecule has 0 bridgehead atoms. The standard InChI is InChI=1S/C11H19NO5/c1-11(2,3)17-10(16)12-5-4-7(13)6-8(12)9(14)15/h7-8,13H,4-6H2,1-3H3,(H,14,15)/p-1. The number of aliphatic carboxylic acids is 1. The number of rotatable bonds is 1. The summed E-state index contributed by atoms with van der Waals surface area (Å²) in [6.45, 7) is 5.28. The van der Waals surface area contributed by atoms with E-state index in [4.69, 9.17) is 4.74 Å². The summed E-state index contributed by atoms with van der Waals surface area (Å²) in [4.78, 5) is 23.8. The summed E-state index contributed by atoms with van der Waals surface area (Å²) in [6, 6.07) is -1.12. The first-order valence-electron chi connectivity index (χ1n) is 5.59. The molecule has 0 saturated carbocycles. The van der Waals surface area contributed by atoms with E-state index in [0.29, 0.717) is 6.42 Å². The highest BCUT2D eigenvalue weighted by Crippen LogP contribution is 2.20. The van der Waals surface area contributed by atoms with Gasteiger partial charge >= 0.3 is 6.09 Å². The number of carboxylic acid groups (broad SMARTS) is 1. The predicted molar refractivity (Wildman–Crippen MR) is 57.0 cm³/mol. The number of nitrogens with zero attached hydrogens (tertiary/aromatic N) is 1. The van der Waals surface area contributed by atoms with Crippen molar-refractivity contribution in [2.45, 2.75) is 51.4 Å². The average Bonchev–Trinajstić information content (AvgIpc) is 2.14. The van der Waals surface area contributed by atoms with Gasteiger partial charge < -0.3 is 19.7 Å². The Morgan fingerprint density at radius 2 is 2.00 bits per heavy atom. The fourth-order valence-electron chi connectivity index (χ4n) is 1.71. The minimum Gasteiger partial charge on any atom is -0.548 e. The Balaban J connectivity index is 2.73. The molecule has 1 saturated heterocycles. The molecule has 0 radical (unpaired) electrons. The highest BCUT2D eigenvalue weighted by atomic mass is 16.6. The van der Waals surface area contributed by atoms with Gasteiger partial charge in [-0.1, -0.05) is 0 Å². The van der Waals surface area contributed by atoms with Crippen LogP contribution in [-0.4, -0.2) is 46.4 Å². The molecule has 1 rings (SSSR count). The number of carbonyl (C=O) groups excluding carboxylic acids is 2.